The molecule has 19 heavy (non-hydrogen) atoms. The number of hydrogen-bond acceptors (Lipinski definition) is 4. The Labute approximate surface area is 112 Å². The zero-order valence-electron chi connectivity index (χ0n) is 11.1. The number of para-hydroxylation sites is 1. The lowest BCUT2D eigenvalue weighted by atomic mass is 10.1. The van der Waals surface area contributed by atoms with Crippen LogP contribution in [0.4, 0.5) is 5.69 Å². The summed E-state index contributed by atoms with van der Waals surface area (Å²) in [6.07, 6.45) is 3.31. The molecule has 1 aromatic carbocycles. The predicted molar refractivity (Wildman–Crippen MR) is 73.1 cm³/mol. The molecule has 0 spiro atoms. The van der Waals surface area contributed by atoms with Gasteiger partial charge in [-0.15, -0.1) is 0 Å². The minimum atomic E-state index is -0.315. The Morgan fingerprint density at radius 1 is 1.37 bits per heavy atom. The fourth-order valence-electron chi connectivity index (χ4n) is 1.83. The van der Waals surface area contributed by atoms with E-state index in [1.165, 1.54) is 0 Å². The fraction of sp³-hybridized carbons (Fsp3) is 0.267. The van der Waals surface area contributed by atoms with Crippen molar-refractivity contribution >= 4 is 11.7 Å². The van der Waals surface area contributed by atoms with Gasteiger partial charge in [0.25, 0.3) is 0 Å². The van der Waals surface area contributed by atoms with Crippen LogP contribution in [-0.2, 0) is 4.74 Å². The number of hydrogen-bond donors (Lipinski definition) is 1. The molecule has 1 N–H and O–H groups in total. The van der Waals surface area contributed by atoms with Crippen LogP contribution in [0.1, 0.15) is 35.8 Å². The fourth-order valence-corrected chi connectivity index (χ4v) is 1.83. The highest BCUT2D eigenvalue weighted by Gasteiger charge is 2.14. The van der Waals surface area contributed by atoms with Crippen LogP contribution in [0.25, 0.3) is 0 Å². The monoisotopic (exact) mass is 259 g/mol. The lowest BCUT2D eigenvalue weighted by Gasteiger charge is -2.16. The van der Waals surface area contributed by atoms with E-state index in [2.05, 4.69) is 5.32 Å². The standard InChI is InChI=1S/C15H17NO3/c1-3-19-15(17)13-6-4-5-7-14(13)16-11(2)12-8-9-18-10-12/h4-11,16H,3H2,1-2H3. The summed E-state index contributed by atoms with van der Waals surface area (Å²) in [7, 11) is 0. The maximum Gasteiger partial charge on any atom is 0.340 e. The Balaban J connectivity index is 2.18. The number of esters is 1. The second kappa shape index (κ2) is 6.09. The van der Waals surface area contributed by atoms with Crippen molar-refractivity contribution in [1.82, 2.24) is 0 Å². The summed E-state index contributed by atoms with van der Waals surface area (Å²) in [5.41, 5.74) is 2.33. The van der Waals surface area contributed by atoms with Gasteiger partial charge in [-0.1, -0.05) is 12.1 Å². The zero-order valence-corrected chi connectivity index (χ0v) is 11.1. The molecule has 4 heteroatoms. The van der Waals surface area contributed by atoms with E-state index in [-0.39, 0.29) is 12.0 Å². The van der Waals surface area contributed by atoms with Crippen molar-refractivity contribution in [2.45, 2.75) is 19.9 Å². The van der Waals surface area contributed by atoms with Crippen LogP contribution in [0, 0.1) is 0 Å². The second-order valence-corrected chi connectivity index (χ2v) is 4.19. The van der Waals surface area contributed by atoms with Crippen molar-refractivity contribution in [2.75, 3.05) is 11.9 Å². The van der Waals surface area contributed by atoms with Gasteiger partial charge >= 0.3 is 5.97 Å². The summed E-state index contributed by atoms with van der Waals surface area (Å²) in [5.74, 6) is -0.315. The third kappa shape index (κ3) is 3.16. The SMILES string of the molecule is CCOC(=O)c1ccccc1NC(C)c1ccoc1. The van der Waals surface area contributed by atoms with Crippen molar-refractivity contribution in [3.63, 3.8) is 0 Å². The molecule has 0 amide bonds. The third-order valence-electron chi connectivity index (χ3n) is 2.84. The summed E-state index contributed by atoms with van der Waals surface area (Å²) in [6.45, 7) is 4.17. The molecule has 1 atom stereocenters. The second-order valence-electron chi connectivity index (χ2n) is 4.19. The number of rotatable bonds is 5. The molecule has 2 aromatic rings. The molecule has 0 bridgehead atoms. The molecule has 0 radical (unpaired) electrons. The highest BCUT2D eigenvalue weighted by molar-refractivity contribution is 5.95. The molecule has 0 aliphatic heterocycles. The highest BCUT2D eigenvalue weighted by Crippen LogP contribution is 2.23. The Morgan fingerprint density at radius 2 is 2.16 bits per heavy atom. The van der Waals surface area contributed by atoms with Gasteiger partial charge in [-0.3, -0.25) is 0 Å². The quantitative estimate of drug-likeness (QED) is 0.833. The molecular formula is C15H17NO3. The molecule has 1 unspecified atom stereocenters. The van der Waals surface area contributed by atoms with Gasteiger partial charge in [0.05, 0.1) is 30.7 Å². The Hall–Kier alpha value is -2.23. The van der Waals surface area contributed by atoms with Gasteiger partial charge in [0.2, 0.25) is 0 Å². The number of ether oxygens (including phenoxy) is 1. The molecule has 0 fully saturated rings. The van der Waals surface area contributed by atoms with E-state index in [4.69, 9.17) is 9.15 Å². The molecule has 1 heterocycles. The zero-order chi connectivity index (χ0) is 13.7. The first-order valence-corrected chi connectivity index (χ1v) is 6.27. The summed E-state index contributed by atoms with van der Waals surface area (Å²) >= 11 is 0. The predicted octanol–water partition coefficient (Wildman–Crippen LogP) is 3.63. The molecule has 2 rings (SSSR count). The molecule has 0 aliphatic rings. The molecule has 0 saturated carbocycles. The van der Waals surface area contributed by atoms with Crippen molar-refractivity contribution in [1.29, 1.82) is 0 Å². The van der Waals surface area contributed by atoms with Crippen molar-refractivity contribution in [2.24, 2.45) is 0 Å². The molecule has 100 valence electrons. The lowest BCUT2D eigenvalue weighted by Crippen LogP contribution is -2.12. The number of furan rings is 1. The van der Waals surface area contributed by atoms with Gasteiger partial charge in [-0.05, 0) is 32.0 Å². The first kappa shape index (κ1) is 13.2. The largest absolute Gasteiger partial charge is 0.472 e. The van der Waals surface area contributed by atoms with Gasteiger partial charge in [0.15, 0.2) is 0 Å². The smallest absolute Gasteiger partial charge is 0.340 e. The van der Waals surface area contributed by atoms with E-state index >= 15 is 0 Å². The first-order valence-electron chi connectivity index (χ1n) is 6.27. The maximum atomic E-state index is 11.9. The number of benzene rings is 1. The maximum absolute atomic E-state index is 11.9. The number of nitrogens with one attached hydrogen (secondary N) is 1. The molecule has 0 saturated heterocycles. The van der Waals surface area contributed by atoms with Crippen molar-refractivity contribution in [3.8, 4) is 0 Å². The summed E-state index contributed by atoms with van der Waals surface area (Å²) < 4.78 is 10.1. The molecule has 4 nitrogen and oxygen atoms in total. The Bertz CT molecular complexity index is 534. The minimum Gasteiger partial charge on any atom is -0.472 e. The summed E-state index contributed by atoms with van der Waals surface area (Å²) in [4.78, 5) is 11.9. The Morgan fingerprint density at radius 3 is 2.84 bits per heavy atom. The topological polar surface area (TPSA) is 51.5 Å². The summed E-state index contributed by atoms with van der Waals surface area (Å²) in [6, 6.07) is 9.26. The van der Waals surface area contributed by atoms with E-state index in [0.29, 0.717) is 12.2 Å². The normalized spacial score (nSPS) is 11.9. The average molecular weight is 259 g/mol. The van der Waals surface area contributed by atoms with Crippen molar-refractivity contribution < 1.29 is 13.9 Å². The third-order valence-corrected chi connectivity index (χ3v) is 2.84. The molecule has 0 aliphatic carbocycles. The van der Waals surface area contributed by atoms with E-state index in [0.717, 1.165) is 11.3 Å². The number of anilines is 1. The molecular weight excluding hydrogens is 242 g/mol. The minimum absolute atomic E-state index is 0.0503. The Kier molecular flexibility index (Phi) is 4.23. The first-order chi connectivity index (χ1) is 9.22. The van der Waals surface area contributed by atoms with Gasteiger partial charge < -0.3 is 14.5 Å². The van der Waals surface area contributed by atoms with Crippen LogP contribution in [0.5, 0.6) is 0 Å². The summed E-state index contributed by atoms with van der Waals surface area (Å²) in [5, 5.41) is 3.29. The van der Waals surface area contributed by atoms with Gasteiger partial charge in [-0.25, -0.2) is 4.79 Å². The highest BCUT2D eigenvalue weighted by atomic mass is 16.5. The van der Waals surface area contributed by atoms with Crippen LogP contribution in [0.2, 0.25) is 0 Å². The van der Waals surface area contributed by atoms with Gasteiger partial charge in [-0.2, -0.15) is 0 Å². The van der Waals surface area contributed by atoms with Crippen molar-refractivity contribution in [3.05, 3.63) is 54.0 Å². The number of carbonyl (C=O) groups is 1. The van der Waals surface area contributed by atoms with Crippen LogP contribution in [0.15, 0.2) is 47.3 Å². The van der Waals surface area contributed by atoms with E-state index < -0.39 is 0 Å². The van der Waals surface area contributed by atoms with Crippen LogP contribution in [0.3, 0.4) is 0 Å². The molecule has 1 aromatic heterocycles. The van der Waals surface area contributed by atoms with Crippen LogP contribution >= 0.6 is 0 Å². The van der Waals surface area contributed by atoms with Gasteiger partial charge in [0.1, 0.15) is 0 Å². The van der Waals surface area contributed by atoms with E-state index in [1.54, 1.807) is 25.5 Å². The van der Waals surface area contributed by atoms with Gasteiger partial charge in [0, 0.05) is 11.3 Å². The van der Waals surface area contributed by atoms with Crippen LogP contribution in [-0.4, -0.2) is 12.6 Å². The van der Waals surface area contributed by atoms with Crippen LogP contribution < -0.4 is 5.32 Å². The van der Waals surface area contributed by atoms with E-state index in [1.807, 2.05) is 31.2 Å². The lowest BCUT2D eigenvalue weighted by molar-refractivity contribution is 0.0527. The van der Waals surface area contributed by atoms with E-state index in [9.17, 15) is 4.79 Å². The number of carbonyl (C=O) groups excluding carboxylic acids is 1. The average Bonchev–Trinajstić information content (AvgIpc) is 2.93.